The van der Waals surface area contributed by atoms with Crippen molar-refractivity contribution in [1.82, 2.24) is 5.32 Å². The van der Waals surface area contributed by atoms with Gasteiger partial charge >= 0.3 is 13.1 Å². The summed E-state index contributed by atoms with van der Waals surface area (Å²) in [6, 6.07) is 19.6. The second kappa shape index (κ2) is 12.3. The van der Waals surface area contributed by atoms with Crippen LogP contribution in [0.15, 0.2) is 77.7 Å². The van der Waals surface area contributed by atoms with E-state index in [1.165, 1.54) is 23.5 Å². The Kier molecular flexibility index (Phi) is 8.79. The van der Waals surface area contributed by atoms with Gasteiger partial charge in [-0.05, 0) is 74.6 Å². The van der Waals surface area contributed by atoms with Crippen molar-refractivity contribution in [2.45, 2.75) is 62.7 Å². The van der Waals surface area contributed by atoms with Crippen LogP contribution < -0.4 is 19.8 Å². The number of benzene rings is 3. The highest BCUT2D eigenvalue weighted by Crippen LogP contribution is 2.38. The number of ether oxygens (including phenoxy) is 2. The Morgan fingerprint density at radius 2 is 1.59 bits per heavy atom. The molecule has 44 heavy (non-hydrogen) atoms. The van der Waals surface area contributed by atoms with Crippen molar-refractivity contribution in [2.24, 2.45) is 0 Å². The molecule has 232 valence electrons. The van der Waals surface area contributed by atoms with E-state index in [0.29, 0.717) is 16.9 Å². The van der Waals surface area contributed by atoms with E-state index in [1.807, 2.05) is 39.8 Å². The number of carbonyl (C=O) groups is 2. The quantitative estimate of drug-likeness (QED) is 0.209. The van der Waals surface area contributed by atoms with Crippen LogP contribution in [0.2, 0.25) is 0 Å². The molecule has 1 amide bonds. The van der Waals surface area contributed by atoms with Gasteiger partial charge in [-0.2, -0.15) is 0 Å². The summed E-state index contributed by atoms with van der Waals surface area (Å²) in [7, 11) is -3.38. The maximum atomic E-state index is 14.0. The van der Waals surface area contributed by atoms with Crippen molar-refractivity contribution in [2.75, 3.05) is 24.6 Å². The van der Waals surface area contributed by atoms with Gasteiger partial charge in [-0.3, -0.25) is 13.9 Å². The van der Waals surface area contributed by atoms with Gasteiger partial charge in [-0.1, -0.05) is 42.5 Å². The van der Waals surface area contributed by atoms with Crippen LogP contribution in [0.3, 0.4) is 0 Å². The van der Waals surface area contributed by atoms with Gasteiger partial charge in [0.25, 0.3) is 10.0 Å². The molecule has 3 aromatic carbocycles. The zero-order chi connectivity index (χ0) is 31.7. The van der Waals surface area contributed by atoms with E-state index in [1.54, 1.807) is 48.5 Å². The molecule has 3 aromatic rings. The molecule has 0 aromatic heterocycles. The minimum atomic E-state index is -4.09. The van der Waals surface area contributed by atoms with E-state index in [0.717, 1.165) is 11.1 Å². The van der Waals surface area contributed by atoms with Crippen LogP contribution in [0.1, 0.15) is 38.8 Å². The predicted octanol–water partition coefficient (Wildman–Crippen LogP) is 3.02. The van der Waals surface area contributed by atoms with E-state index in [-0.39, 0.29) is 36.9 Å². The molecule has 0 spiro atoms. The number of para-hydroxylation sites is 1. The number of sulfonamides is 1. The number of esters is 1. The largest absolute Gasteiger partial charge is 0.494 e. The molecule has 1 fully saturated rings. The highest BCUT2D eigenvalue weighted by atomic mass is 32.2. The third-order valence-electron chi connectivity index (χ3n) is 8.36. The average Bonchev–Trinajstić information content (AvgIpc) is 3.50. The molecule has 1 saturated heterocycles. The van der Waals surface area contributed by atoms with Crippen LogP contribution in [0.25, 0.3) is 0 Å². The summed E-state index contributed by atoms with van der Waals surface area (Å²) in [4.78, 5) is 24.9. The lowest BCUT2D eigenvalue weighted by Crippen LogP contribution is -2.48. The Bertz CT molecular complexity index is 1610. The number of nitrogens with zero attached hydrogens (tertiary/aromatic N) is 1. The maximum absolute atomic E-state index is 14.0. The number of nitrogens with one attached hydrogen (secondary N) is 1. The first-order chi connectivity index (χ1) is 20.8. The Morgan fingerprint density at radius 3 is 2.23 bits per heavy atom. The fraction of sp³-hybridized carbons (Fsp3) is 0.375. The van der Waals surface area contributed by atoms with Crippen molar-refractivity contribution in [3.63, 3.8) is 0 Å². The molecule has 5 rings (SSSR count). The summed E-state index contributed by atoms with van der Waals surface area (Å²) >= 11 is 0. The molecular formula is C32H37BN2O8S. The fourth-order valence-corrected chi connectivity index (χ4v) is 6.80. The number of methoxy groups -OCH3 is 1. The Balaban J connectivity index is 1.26. The maximum Gasteiger partial charge on any atom is 0.494 e. The third kappa shape index (κ3) is 6.33. The van der Waals surface area contributed by atoms with Crippen molar-refractivity contribution in [3.05, 3.63) is 83.9 Å². The highest BCUT2D eigenvalue weighted by molar-refractivity contribution is 7.93. The zero-order valence-corrected chi connectivity index (χ0v) is 26.3. The third-order valence-corrected chi connectivity index (χ3v) is 10.2. The van der Waals surface area contributed by atoms with Gasteiger partial charge in [0, 0.05) is 6.42 Å². The molecule has 0 aliphatic carbocycles. The van der Waals surface area contributed by atoms with Gasteiger partial charge in [0.05, 0.1) is 41.9 Å². The van der Waals surface area contributed by atoms with E-state index in [2.05, 4.69) is 10.1 Å². The van der Waals surface area contributed by atoms with Gasteiger partial charge in [0.15, 0.2) is 0 Å². The second-order valence-corrected chi connectivity index (χ2v) is 13.7. The minimum Gasteiger partial charge on any atom is -0.492 e. The Morgan fingerprint density at radius 1 is 0.955 bits per heavy atom. The highest BCUT2D eigenvalue weighted by Gasteiger charge is 2.51. The normalized spacial score (nSPS) is 18.5. The number of fused-ring (bicyclic) bond motifs is 1. The first-order valence-electron chi connectivity index (χ1n) is 14.5. The summed E-state index contributed by atoms with van der Waals surface area (Å²) in [5.74, 6) is -0.171. The van der Waals surface area contributed by atoms with Crippen LogP contribution in [0.5, 0.6) is 5.75 Å². The Labute approximate surface area is 258 Å². The van der Waals surface area contributed by atoms with E-state index < -0.39 is 40.3 Å². The standard InChI is InChI=1S/C32H37BN2O8S/c1-31(2)32(3,4)43-33(42-31)24-12-16-26(17-13-24)44(38,39)35-27-9-7-6-8-23(27)21-28(35)30(37)34-18-19-41-25-14-10-22(11-15-25)20-29(36)40-5/h6-17,28H,18-21H2,1-5H3,(H,34,37)/t28-/m0/s1. The first-order valence-corrected chi connectivity index (χ1v) is 15.9. The number of anilines is 1. The van der Waals surface area contributed by atoms with E-state index >= 15 is 0 Å². The molecule has 2 heterocycles. The monoisotopic (exact) mass is 620 g/mol. The lowest BCUT2D eigenvalue weighted by Gasteiger charge is -2.32. The second-order valence-electron chi connectivity index (χ2n) is 11.8. The predicted molar refractivity (Wildman–Crippen MR) is 166 cm³/mol. The van der Waals surface area contributed by atoms with Gasteiger partial charge in [-0.25, -0.2) is 8.42 Å². The molecule has 2 aliphatic rings. The van der Waals surface area contributed by atoms with Crippen molar-refractivity contribution in [1.29, 1.82) is 0 Å². The molecule has 2 aliphatic heterocycles. The molecule has 1 N–H and O–H groups in total. The lowest BCUT2D eigenvalue weighted by molar-refractivity contribution is -0.139. The summed E-state index contributed by atoms with van der Waals surface area (Å²) < 4.78 is 51.8. The summed E-state index contributed by atoms with van der Waals surface area (Å²) in [6.07, 6.45) is 0.413. The number of carbonyl (C=O) groups excluding carboxylic acids is 2. The summed E-state index contributed by atoms with van der Waals surface area (Å²) in [6.45, 7) is 8.18. The SMILES string of the molecule is COC(=O)Cc1ccc(OCCNC(=O)[C@@H]2Cc3ccccc3N2S(=O)(=O)c2ccc(B3OC(C)(C)C(C)(C)O3)cc2)cc1. The van der Waals surface area contributed by atoms with Gasteiger partial charge < -0.3 is 24.1 Å². The summed E-state index contributed by atoms with van der Waals surface area (Å²) in [5.41, 5.74) is 1.70. The Hall–Kier alpha value is -3.87. The van der Waals surface area contributed by atoms with Crippen molar-refractivity contribution in [3.8, 4) is 5.75 Å². The van der Waals surface area contributed by atoms with Gasteiger partial charge in [-0.15, -0.1) is 0 Å². The van der Waals surface area contributed by atoms with E-state index in [9.17, 15) is 18.0 Å². The number of amides is 1. The molecular weight excluding hydrogens is 583 g/mol. The van der Waals surface area contributed by atoms with Gasteiger partial charge in [0.2, 0.25) is 5.91 Å². The van der Waals surface area contributed by atoms with Crippen LogP contribution in [0, 0.1) is 0 Å². The molecule has 0 saturated carbocycles. The van der Waals surface area contributed by atoms with Crippen LogP contribution in [-0.2, 0) is 46.5 Å². The zero-order valence-electron chi connectivity index (χ0n) is 25.5. The topological polar surface area (TPSA) is 120 Å². The van der Waals surface area contributed by atoms with Gasteiger partial charge in [0.1, 0.15) is 18.4 Å². The number of rotatable bonds is 10. The molecule has 1 atom stereocenters. The first kappa shape index (κ1) is 31.6. The number of hydrogen-bond donors (Lipinski definition) is 1. The lowest BCUT2D eigenvalue weighted by atomic mass is 9.79. The molecule has 0 unspecified atom stereocenters. The van der Waals surface area contributed by atoms with Crippen molar-refractivity contribution < 1.29 is 36.8 Å². The molecule has 0 bridgehead atoms. The molecule has 10 nitrogen and oxygen atoms in total. The fourth-order valence-electron chi connectivity index (χ4n) is 5.15. The summed E-state index contributed by atoms with van der Waals surface area (Å²) in [5, 5.41) is 2.83. The number of hydrogen-bond acceptors (Lipinski definition) is 8. The van der Waals surface area contributed by atoms with Crippen LogP contribution in [0.4, 0.5) is 5.69 Å². The average molecular weight is 621 g/mol. The van der Waals surface area contributed by atoms with Crippen molar-refractivity contribution >= 4 is 40.2 Å². The molecule has 12 heteroatoms. The van der Waals surface area contributed by atoms with Crippen LogP contribution in [-0.4, -0.2) is 64.9 Å². The van der Waals surface area contributed by atoms with Crippen LogP contribution >= 0.6 is 0 Å². The molecule has 0 radical (unpaired) electrons. The van der Waals surface area contributed by atoms with E-state index in [4.69, 9.17) is 14.0 Å². The smallest absolute Gasteiger partial charge is 0.492 e. The minimum absolute atomic E-state index is 0.0613.